The van der Waals surface area contributed by atoms with Gasteiger partial charge in [0.05, 0.1) is 5.01 Å². The van der Waals surface area contributed by atoms with Crippen LogP contribution in [0.4, 0.5) is 0 Å². The number of piperidine rings is 1. The van der Waals surface area contributed by atoms with E-state index < -0.39 is 0 Å². The molecule has 5 heterocycles. The van der Waals surface area contributed by atoms with Gasteiger partial charge in [-0.2, -0.15) is 9.61 Å². The molecule has 0 unspecified atom stereocenters. The lowest BCUT2D eigenvalue weighted by molar-refractivity contribution is 0.0705. The summed E-state index contributed by atoms with van der Waals surface area (Å²) in [5.41, 5.74) is 1.25. The molecule has 0 spiro atoms. The van der Waals surface area contributed by atoms with E-state index in [1.807, 2.05) is 41.6 Å². The molecule has 0 bridgehead atoms. The largest absolute Gasteiger partial charge is 0.337 e. The third kappa shape index (κ3) is 2.95. The van der Waals surface area contributed by atoms with Crippen LogP contribution in [0, 0.1) is 6.92 Å². The number of hydrogen-bond donors (Lipinski definition) is 0. The molecule has 1 aliphatic heterocycles. The zero-order valence-corrected chi connectivity index (χ0v) is 16.1. The van der Waals surface area contributed by atoms with Crippen molar-refractivity contribution in [2.75, 3.05) is 13.1 Å². The van der Waals surface area contributed by atoms with Gasteiger partial charge in [-0.25, -0.2) is 9.67 Å². The number of carbonyl (C=O) groups excluding carboxylic acids is 1. The van der Waals surface area contributed by atoms with E-state index in [-0.39, 0.29) is 11.8 Å². The lowest BCUT2D eigenvalue weighted by Gasteiger charge is -2.30. The van der Waals surface area contributed by atoms with Crippen molar-refractivity contribution in [2.45, 2.75) is 25.7 Å². The Hall–Kier alpha value is -3.14. The maximum absolute atomic E-state index is 12.6. The SMILES string of the molecule is Cc1nc(C(=O)N2CCC(c3nnc4ccc(-n5cccn5)nn34)CC2)cs1. The van der Waals surface area contributed by atoms with Gasteiger partial charge in [0.1, 0.15) is 5.69 Å². The van der Waals surface area contributed by atoms with Crippen molar-refractivity contribution in [1.29, 1.82) is 0 Å². The minimum Gasteiger partial charge on any atom is -0.337 e. The van der Waals surface area contributed by atoms with Crippen molar-refractivity contribution in [3.8, 4) is 5.82 Å². The number of rotatable bonds is 3. The van der Waals surface area contributed by atoms with Gasteiger partial charge >= 0.3 is 0 Å². The van der Waals surface area contributed by atoms with Crippen LogP contribution in [0.3, 0.4) is 0 Å². The molecule has 0 radical (unpaired) electrons. The number of amides is 1. The number of fused-ring (bicyclic) bond motifs is 1. The first-order valence-electron chi connectivity index (χ1n) is 9.13. The van der Waals surface area contributed by atoms with Gasteiger partial charge in [0, 0.05) is 36.8 Å². The lowest BCUT2D eigenvalue weighted by Crippen LogP contribution is -2.38. The van der Waals surface area contributed by atoms with Gasteiger partial charge in [-0.15, -0.1) is 26.6 Å². The fourth-order valence-corrected chi connectivity index (χ4v) is 4.13. The Balaban J connectivity index is 1.35. The number of nitrogens with zero attached hydrogens (tertiary/aromatic N) is 8. The van der Waals surface area contributed by atoms with E-state index >= 15 is 0 Å². The third-order valence-corrected chi connectivity index (χ3v) is 5.77. The van der Waals surface area contributed by atoms with Crippen molar-refractivity contribution in [1.82, 2.24) is 39.5 Å². The van der Waals surface area contributed by atoms with Gasteiger partial charge in [-0.05, 0) is 38.0 Å². The van der Waals surface area contributed by atoms with E-state index in [0.29, 0.717) is 30.2 Å². The quantitative estimate of drug-likeness (QED) is 0.528. The molecule has 0 N–H and O–H groups in total. The Morgan fingerprint density at radius 3 is 2.79 bits per heavy atom. The van der Waals surface area contributed by atoms with Crippen molar-refractivity contribution in [3.63, 3.8) is 0 Å². The van der Waals surface area contributed by atoms with Crippen LogP contribution in [0.2, 0.25) is 0 Å². The van der Waals surface area contributed by atoms with Crippen molar-refractivity contribution < 1.29 is 4.79 Å². The Labute approximate surface area is 164 Å². The second kappa shape index (κ2) is 6.79. The second-order valence-corrected chi connectivity index (χ2v) is 7.85. The molecule has 1 fully saturated rings. The van der Waals surface area contributed by atoms with Crippen LogP contribution in [0.15, 0.2) is 36.0 Å². The van der Waals surface area contributed by atoms with Crippen LogP contribution in [-0.2, 0) is 0 Å². The number of carbonyl (C=O) groups is 1. The Kier molecular flexibility index (Phi) is 4.12. The molecule has 1 aliphatic rings. The summed E-state index contributed by atoms with van der Waals surface area (Å²) in [5.74, 6) is 1.76. The van der Waals surface area contributed by atoms with Gasteiger partial charge in [0.25, 0.3) is 5.91 Å². The Bertz CT molecular complexity index is 1120. The number of likely N-dealkylation sites (tertiary alicyclic amines) is 1. The third-order valence-electron chi connectivity index (χ3n) is 5.00. The summed E-state index contributed by atoms with van der Waals surface area (Å²) in [4.78, 5) is 18.8. The van der Waals surface area contributed by atoms with Gasteiger partial charge in [-0.3, -0.25) is 4.79 Å². The van der Waals surface area contributed by atoms with E-state index in [1.165, 1.54) is 11.3 Å². The molecule has 5 rings (SSSR count). The number of hydrogen-bond acceptors (Lipinski definition) is 7. The molecule has 1 saturated heterocycles. The van der Waals surface area contributed by atoms with E-state index in [1.54, 1.807) is 15.4 Å². The molecule has 28 heavy (non-hydrogen) atoms. The van der Waals surface area contributed by atoms with E-state index in [2.05, 4.69) is 25.4 Å². The summed E-state index contributed by atoms with van der Waals surface area (Å²) in [6, 6.07) is 5.62. The van der Waals surface area contributed by atoms with E-state index in [9.17, 15) is 4.79 Å². The summed E-state index contributed by atoms with van der Waals surface area (Å²) in [5, 5.41) is 20.3. The molecule has 0 aliphatic carbocycles. The first-order chi connectivity index (χ1) is 13.7. The molecule has 10 heteroatoms. The first kappa shape index (κ1) is 17.0. The molecule has 0 aromatic carbocycles. The predicted octanol–water partition coefficient (Wildman–Crippen LogP) is 2.09. The highest BCUT2D eigenvalue weighted by molar-refractivity contribution is 7.09. The maximum atomic E-state index is 12.6. The van der Waals surface area contributed by atoms with Crippen molar-refractivity contribution in [2.24, 2.45) is 0 Å². The van der Waals surface area contributed by atoms with Crippen LogP contribution in [0.1, 0.15) is 40.1 Å². The van der Waals surface area contributed by atoms with Crippen molar-refractivity contribution >= 4 is 22.9 Å². The molecule has 4 aromatic heterocycles. The zero-order chi connectivity index (χ0) is 19.1. The molecule has 1 amide bonds. The summed E-state index contributed by atoms with van der Waals surface area (Å²) in [6.45, 7) is 3.26. The highest BCUT2D eigenvalue weighted by Crippen LogP contribution is 2.28. The number of aryl methyl sites for hydroxylation is 1. The van der Waals surface area contributed by atoms with Crippen LogP contribution < -0.4 is 0 Å². The van der Waals surface area contributed by atoms with Crippen LogP contribution in [0.25, 0.3) is 11.5 Å². The highest BCUT2D eigenvalue weighted by atomic mass is 32.1. The van der Waals surface area contributed by atoms with Gasteiger partial charge in [0.15, 0.2) is 17.3 Å². The molecule has 0 atom stereocenters. The molecular formula is C18H18N8OS. The van der Waals surface area contributed by atoms with Crippen LogP contribution in [-0.4, -0.2) is 58.5 Å². The topological polar surface area (TPSA) is 94.1 Å². The number of aromatic nitrogens is 7. The predicted molar refractivity (Wildman–Crippen MR) is 103 cm³/mol. The minimum atomic E-state index is 0.00740. The van der Waals surface area contributed by atoms with Gasteiger partial charge in [0.2, 0.25) is 0 Å². The summed E-state index contributed by atoms with van der Waals surface area (Å²) in [7, 11) is 0. The average Bonchev–Trinajstić information content (AvgIpc) is 3.47. The molecule has 9 nitrogen and oxygen atoms in total. The first-order valence-corrected chi connectivity index (χ1v) is 10.0. The summed E-state index contributed by atoms with van der Waals surface area (Å²) in [6.07, 6.45) is 5.21. The van der Waals surface area contributed by atoms with Gasteiger partial charge in [-0.1, -0.05) is 0 Å². The van der Waals surface area contributed by atoms with Crippen LogP contribution >= 0.6 is 11.3 Å². The number of thiazole rings is 1. The average molecular weight is 394 g/mol. The fraction of sp³-hybridized carbons (Fsp3) is 0.333. The second-order valence-electron chi connectivity index (χ2n) is 6.79. The molecular weight excluding hydrogens is 376 g/mol. The zero-order valence-electron chi connectivity index (χ0n) is 15.3. The molecule has 0 saturated carbocycles. The smallest absolute Gasteiger partial charge is 0.273 e. The van der Waals surface area contributed by atoms with E-state index in [0.717, 1.165) is 23.7 Å². The highest BCUT2D eigenvalue weighted by Gasteiger charge is 2.28. The molecule has 142 valence electrons. The summed E-state index contributed by atoms with van der Waals surface area (Å²) >= 11 is 1.50. The summed E-state index contributed by atoms with van der Waals surface area (Å²) < 4.78 is 3.50. The standard InChI is InChI=1S/C18H18N8OS/c1-12-20-14(11-28-12)18(27)24-9-5-13(6-10-24)17-22-21-15-3-4-16(23-26(15)17)25-8-2-7-19-25/h2-4,7-8,11,13H,5-6,9-10H2,1H3. The molecule has 4 aromatic rings. The monoisotopic (exact) mass is 394 g/mol. The van der Waals surface area contributed by atoms with Gasteiger partial charge < -0.3 is 4.90 Å². The van der Waals surface area contributed by atoms with Crippen molar-refractivity contribution in [3.05, 3.63) is 52.5 Å². The normalized spacial score (nSPS) is 15.4. The maximum Gasteiger partial charge on any atom is 0.273 e. The Morgan fingerprint density at radius 1 is 1.21 bits per heavy atom. The Morgan fingerprint density at radius 2 is 2.07 bits per heavy atom. The van der Waals surface area contributed by atoms with Crippen LogP contribution in [0.5, 0.6) is 0 Å². The lowest BCUT2D eigenvalue weighted by atomic mass is 9.96. The minimum absolute atomic E-state index is 0.00740. The fourth-order valence-electron chi connectivity index (χ4n) is 3.54. The van der Waals surface area contributed by atoms with E-state index in [4.69, 9.17) is 0 Å².